The van der Waals surface area contributed by atoms with Gasteiger partial charge in [0.1, 0.15) is 0 Å². The number of benzene rings is 1. The van der Waals surface area contributed by atoms with Crippen LogP contribution >= 0.6 is 0 Å². The molecule has 0 aliphatic heterocycles. The van der Waals surface area contributed by atoms with E-state index in [9.17, 15) is 9.18 Å². The molecule has 1 aromatic carbocycles. The van der Waals surface area contributed by atoms with Gasteiger partial charge in [-0.3, -0.25) is 4.39 Å². The van der Waals surface area contributed by atoms with Gasteiger partial charge in [-0.1, -0.05) is 12.1 Å². The van der Waals surface area contributed by atoms with Crippen LogP contribution in [-0.4, -0.2) is 36.2 Å². The molecule has 0 amide bonds. The molecular formula is C12H16FNO2. The van der Waals surface area contributed by atoms with Gasteiger partial charge < -0.3 is 10.0 Å². The van der Waals surface area contributed by atoms with Gasteiger partial charge in [-0.05, 0) is 31.2 Å². The standard InChI is InChI=1S/C12H16FNO2/c1-14(8-2-7-13)9-10-3-5-11(6-4-10)12(15)16/h3-6H,2,7-9H2,1H3,(H,15,16). The number of hydrogen-bond donors (Lipinski definition) is 1. The summed E-state index contributed by atoms with van der Waals surface area (Å²) in [5, 5.41) is 8.72. The van der Waals surface area contributed by atoms with Gasteiger partial charge in [-0.15, -0.1) is 0 Å². The predicted octanol–water partition coefficient (Wildman–Crippen LogP) is 2.18. The molecule has 0 aromatic heterocycles. The number of hydrogen-bond acceptors (Lipinski definition) is 2. The molecule has 0 heterocycles. The summed E-state index contributed by atoms with van der Waals surface area (Å²) in [4.78, 5) is 12.6. The summed E-state index contributed by atoms with van der Waals surface area (Å²) in [6.07, 6.45) is 0.531. The lowest BCUT2D eigenvalue weighted by atomic mass is 10.1. The van der Waals surface area contributed by atoms with Gasteiger partial charge in [-0.2, -0.15) is 0 Å². The highest BCUT2D eigenvalue weighted by Gasteiger charge is 2.03. The summed E-state index contributed by atoms with van der Waals surface area (Å²) >= 11 is 0. The zero-order valence-electron chi connectivity index (χ0n) is 9.32. The molecule has 0 saturated heterocycles. The smallest absolute Gasteiger partial charge is 0.335 e. The van der Waals surface area contributed by atoms with Crippen LogP contribution in [0.3, 0.4) is 0 Å². The SMILES string of the molecule is CN(CCCF)Cc1ccc(C(=O)O)cc1. The number of carboxylic acids is 1. The second-order valence-electron chi connectivity index (χ2n) is 3.78. The van der Waals surface area contributed by atoms with E-state index in [0.29, 0.717) is 19.5 Å². The third-order valence-corrected chi connectivity index (χ3v) is 2.33. The number of halogens is 1. The van der Waals surface area contributed by atoms with Crippen molar-refractivity contribution < 1.29 is 14.3 Å². The molecule has 0 bridgehead atoms. The van der Waals surface area contributed by atoms with Crippen LogP contribution < -0.4 is 0 Å². The van der Waals surface area contributed by atoms with Crippen molar-refractivity contribution in [3.63, 3.8) is 0 Å². The number of carbonyl (C=O) groups is 1. The molecule has 0 unspecified atom stereocenters. The van der Waals surface area contributed by atoms with Crippen LogP contribution in [0.15, 0.2) is 24.3 Å². The molecular weight excluding hydrogens is 209 g/mol. The Morgan fingerprint density at radius 2 is 2.00 bits per heavy atom. The molecule has 0 aliphatic carbocycles. The summed E-state index contributed by atoms with van der Waals surface area (Å²) in [5.41, 5.74) is 1.32. The van der Waals surface area contributed by atoms with E-state index in [1.807, 2.05) is 11.9 Å². The van der Waals surface area contributed by atoms with E-state index in [-0.39, 0.29) is 12.2 Å². The average Bonchev–Trinajstić information content (AvgIpc) is 2.27. The Hall–Kier alpha value is -1.42. The molecule has 0 radical (unpaired) electrons. The van der Waals surface area contributed by atoms with Crippen LogP contribution in [0.25, 0.3) is 0 Å². The van der Waals surface area contributed by atoms with Crippen LogP contribution in [-0.2, 0) is 6.54 Å². The fourth-order valence-corrected chi connectivity index (χ4v) is 1.47. The van der Waals surface area contributed by atoms with Gasteiger partial charge in [0.25, 0.3) is 0 Å². The summed E-state index contributed by atoms with van der Waals surface area (Å²) in [5.74, 6) is -0.919. The first-order valence-electron chi connectivity index (χ1n) is 5.20. The van der Waals surface area contributed by atoms with E-state index < -0.39 is 5.97 Å². The highest BCUT2D eigenvalue weighted by Crippen LogP contribution is 2.07. The van der Waals surface area contributed by atoms with E-state index >= 15 is 0 Å². The molecule has 1 N–H and O–H groups in total. The zero-order chi connectivity index (χ0) is 12.0. The van der Waals surface area contributed by atoms with Crippen LogP contribution in [0.2, 0.25) is 0 Å². The Kier molecular flexibility index (Phi) is 4.92. The van der Waals surface area contributed by atoms with Gasteiger partial charge in [-0.25, -0.2) is 4.79 Å². The molecule has 4 heteroatoms. The first-order chi connectivity index (χ1) is 7.63. The lowest BCUT2D eigenvalue weighted by Crippen LogP contribution is -2.19. The van der Waals surface area contributed by atoms with Gasteiger partial charge in [0.05, 0.1) is 12.2 Å². The van der Waals surface area contributed by atoms with Crippen LogP contribution in [0.4, 0.5) is 4.39 Å². The van der Waals surface area contributed by atoms with Crippen LogP contribution in [0.5, 0.6) is 0 Å². The molecule has 0 aliphatic rings. The van der Waals surface area contributed by atoms with Crippen molar-refractivity contribution in [2.45, 2.75) is 13.0 Å². The van der Waals surface area contributed by atoms with E-state index in [1.165, 1.54) is 0 Å². The normalized spacial score (nSPS) is 10.7. The predicted molar refractivity (Wildman–Crippen MR) is 60.3 cm³/mol. The second kappa shape index (κ2) is 6.23. The third kappa shape index (κ3) is 3.98. The molecule has 3 nitrogen and oxygen atoms in total. The van der Waals surface area contributed by atoms with Crippen molar-refractivity contribution in [1.29, 1.82) is 0 Å². The third-order valence-electron chi connectivity index (χ3n) is 2.33. The number of rotatable bonds is 6. The summed E-state index contributed by atoms with van der Waals surface area (Å²) in [6, 6.07) is 6.74. The number of aromatic carboxylic acids is 1. The fraction of sp³-hybridized carbons (Fsp3) is 0.417. The van der Waals surface area contributed by atoms with E-state index in [1.54, 1.807) is 24.3 Å². The second-order valence-corrected chi connectivity index (χ2v) is 3.78. The summed E-state index contributed by atoms with van der Waals surface area (Å²) in [6.45, 7) is 1.11. The average molecular weight is 225 g/mol. The van der Waals surface area contributed by atoms with Crippen molar-refractivity contribution in [1.82, 2.24) is 4.90 Å². The quantitative estimate of drug-likeness (QED) is 0.806. The molecule has 0 atom stereocenters. The maximum Gasteiger partial charge on any atom is 0.335 e. The Balaban J connectivity index is 2.51. The largest absolute Gasteiger partial charge is 0.478 e. The molecule has 0 spiro atoms. The van der Waals surface area contributed by atoms with E-state index in [0.717, 1.165) is 5.56 Å². The first kappa shape index (κ1) is 12.6. The first-order valence-corrected chi connectivity index (χ1v) is 5.20. The number of alkyl halides is 1. The zero-order valence-corrected chi connectivity index (χ0v) is 9.32. The van der Waals surface area contributed by atoms with Crippen molar-refractivity contribution >= 4 is 5.97 Å². The van der Waals surface area contributed by atoms with E-state index in [4.69, 9.17) is 5.11 Å². The molecule has 16 heavy (non-hydrogen) atoms. The number of carboxylic acid groups (broad SMARTS) is 1. The van der Waals surface area contributed by atoms with Crippen LogP contribution in [0.1, 0.15) is 22.3 Å². The van der Waals surface area contributed by atoms with Crippen molar-refractivity contribution in [3.05, 3.63) is 35.4 Å². The van der Waals surface area contributed by atoms with Crippen LogP contribution in [0, 0.1) is 0 Å². The van der Waals surface area contributed by atoms with Crippen molar-refractivity contribution in [2.75, 3.05) is 20.3 Å². The van der Waals surface area contributed by atoms with Gasteiger partial charge in [0.15, 0.2) is 0 Å². The van der Waals surface area contributed by atoms with Gasteiger partial charge >= 0.3 is 5.97 Å². The van der Waals surface area contributed by atoms with Gasteiger partial charge in [0, 0.05) is 13.1 Å². The Morgan fingerprint density at radius 1 is 1.38 bits per heavy atom. The van der Waals surface area contributed by atoms with Gasteiger partial charge in [0.2, 0.25) is 0 Å². The minimum atomic E-state index is -0.919. The topological polar surface area (TPSA) is 40.5 Å². The molecule has 0 saturated carbocycles. The lowest BCUT2D eigenvalue weighted by molar-refractivity contribution is 0.0697. The Morgan fingerprint density at radius 3 is 2.50 bits per heavy atom. The highest BCUT2D eigenvalue weighted by atomic mass is 19.1. The minimum Gasteiger partial charge on any atom is -0.478 e. The number of nitrogens with zero attached hydrogens (tertiary/aromatic N) is 1. The maximum absolute atomic E-state index is 11.9. The van der Waals surface area contributed by atoms with Crippen molar-refractivity contribution in [2.24, 2.45) is 0 Å². The molecule has 88 valence electrons. The Bertz CT molecular complexity index is 337. The summed E-state index contributed by atoms with van der Waals surface area (Å²) in [7, 11) is 1.92. The lowest BCUT2D eigenvalue weighted by Gasteiger charge is -2.15. The minimum absolute atomic E-state index is 0.287. The van der Waals surface area contributed by atoms with E-state index in [2.05, 4.69) is 0 Å². The molecule has 1 rings (SSSR count). The highest BCUT2D eigenvalue weighted by molar-refractivity contribution is 5.87. The monoisotopic (exact) mass is 225 g/mol. The molecule has 0 fully saturated rings. The fourth-order valence-electron chi connectivity index (χ4n) is 1.47. The summed E-state index contributed by atoms with van der Waals surface area (Å²) < 4.78 is 11.9. The molecule has 1 aromatic rings. The Labute approximate surface area is 94.5 Å². The maximum atomic E-state index is 11.9. The van der Waals surface area contributed by atoms with Crippen molar-refractivity contribution in [3.8, 4) is 0 Å².